The number of nitrogens with one attached hydrogen (secondary N) is 1. The van der Waals surface area contributed by atoms with Crippen LogP contribution in [0, 0.1) is 11.3 Å². The van der Waals surface area contributed by atoms with Gasteiger partial charge in [0.25, 0.3) is 0 Å². The minimum absolute atomic E-state index is 0.212. The Bertz CT molecular complexity index is 477. The number of benzene rings is 1. The van der Waals surface area contributed by atoms with E-state index in [4.69, 9.17) is 11.0 Å². The Morgan fingerprint density at radius 2 is 2.00 bits per heavy atom. The first-order valence-corrected chi connectivity index (χ1v) is 3.98. The number of rotatable bonds is 1. The molecular formula is C9H7N5. The van der Waals surface area contributed by atoms with Gasteiger partial charge in [0.15, 0.2) is 5.82 Å². The largest absolute Gasteiger partial charge is 0.366 e. The third-order valence-electron chi connectivity index (χ3n) is 1.79. The molecule has 0 saturated carbocycles. The highest BCUT2D eigenvalue weighted by molar-refractivity contribution is 5.57. The lowest BCUT2D eigenvalue weighted by Crippen LogP contribution is -1.85. The van der Waals surface area contributed by atoms with Crippen molar-refractivity contribution in [3.8, 4) is 17.5 Å². The van der Waals surface area contributed by atoms with E-state index in [2.05, 4.69) is 15.2 Å². The van der Waals surface area contributed by atoms with Gasteiger partial charge in [0.05, 0.1) is 11.6 Å². The van der Waals surface area contributed by atoms with E-state index in [1.54, 1.807) is 24.3 Å². The molecule has 1 aromatic heterocycles. The topological polar surface area (TPSA) is 91.4 Å². The molecule has 0 aliphatic carbocycles. The molecule has 0 amide bonds. The van der Waals surface area contributed by atoms with Crippen LogP contribution in [0.2, 0.25) is 0 Å². The van der Waals surface area contributed by atoms with Gasteiger partial charge in [-0.25, -0.2) is 0 Å². The molecule has 2 aromatic rings. The van der Waals surface area contributed by atoms with Gasteiger partial charge in [-0.2, -0.15) is 10.2 Å². The molecule has 68 valence electrons. The number of nitrogen functional groups attached to an aromatic ring is 1. The molecule has 2 rings (SSSR count). The highest BCUT2D eigenvalue weighted by atomic mass is 15.3. The van der Waals surface area contributed by atoms with Crippen LogP contribution in [0.1, 0.15) is 5.56 Å². The summed E-state index contributed by atoms with van der Waals surface area (Å²) in [6, 6.07) is 9.05. The summed E-state index contributed by atoms with van der Waals surface area (Å²) in [5.74, 6) is 0.816. The normalized spacial score (nSPS) is 9.64. The van der Waals surface area contributed by atoms with Crippen molar-refractivity contribution < 1.29 is 0 Å². The van der Waals surface area contributed by atoms with E-state index >= 15 is 0 Å². The third kappa shape index (κ3) is 1.41. The molecule has 1 aromatic carbocycles. The van der Waals surface area contributed by atoms with Crippen molar-refractivity contribution in [2.24, 2.45) is 0 Å². The van der Waals surface area contributed by atoms with Crippen LogP contribution in [0.3, 0.4) is 0 Å². The average molecular weight is 185 g/mol. The van der Waals surface area contributed by atoms with E-state index in [0.29, 0.717) is 11.4 Å². The molecule has 0 atom stereocenters. The average Bonchev–Trinajstić information content (AvgIpc) is 2.65. The summed E-state index contributed by atoms with van der Waals surface area (Å²) in [7, 11) is 0. The van der Waals surface area contributed by atoms with Crippen LogP contribution in [0.5, 0.6) is 0 Å². The van der Waals surface area contributed by atoms with Crippen molar-refractivity contribution in [2.45, 2.75) is 0 Å². The van der Waals surface area contributed by atoms with E-state index in [1.165, 1.54) is 0 Å². The van der Waals surface area contributed by atoms with Crippen molar-refractivity contribution in [3.63, 3.8) is 0 Å². The SMILES string of the molecule is N#Cc1ccc(-c2nc(N)n[nH]2)cc1. The fourth-order valence-electron chi connectivity index (χ4n) is 1.11. The molecule has 0 fully saturated rings. The van der Waals surface area contributed by atoms with Crippen molar-refractivity contribution in [3.05, 3.63) is 29.8 Å². The van der Waals surface area contributed by atoms with Gasteiger partial charge in [-0.1, -0.05) is 0 Å². The highest BCUT2D eigenvalue weighted by Crippen LogP contribution is 2.15. The van der Waals surface area contributed by atoms with Crippen molar-refractivity contribution in [2.75, 3.05) is 5.73 Å². The fraction of sp³-hybridized carbons (Fsp3) is 0. The Morgan fingerprint density at radius 1 is 1.29 bits per heavy atom. The molecule has 0 spiro atoms. The summed E-state index contributed by atoms with van der Waals surface area (Å²) in [4.78, 5) is 3.96. The second-order valence-corrected chi connectivity index (χ2v) is 2.73. The number of nitrogens with zero attached hydrogens (tertiary/aromatic N) is 3. The van der Waals surface area contributed by atoms with Gasteiger partial charge in [-0.3, -0.25) is 5.10 Å². The monoisotopic (exact) mass is 185 g/mol. The molecule has 3 N–H and O–H groups in total. The molecule has 5 heteroatoms. The molecule has 0 unspecified atom stereocenters. The summed E-state index contributed by atoms with van der Waals surface area (Å²) in [5, 5.41) is 15.0. The van der Waals surface area contributed by atoms with Crippen LogP contribution in [0.25, 0.3) is 11.4 Å². The van der Waals surface area contributed by atoms with E-state index in [0.717, 1.165) is 5.56 Å². The zero-order valence-electron chi connectivity index (χ0n) is 7.23. The number of H-pyrrole nitrogens is 1. The molecule has 0 saturated heterocycles. The Balaban J connectivity index is 2.39. The zero-order chi connectivity index (χ0) is 9.97. The van der Waals surface area contributed by atoms with Crippen molar-refractivity contribution in [1.82, 2.24) is 15.2 Å². The Labute approximate surface area is 80.2 Å². The third-order valence-corrected chi connectivity index (χ3v) is 1.79. The number of nitriles is 1. The lowest BCUT2D eigenvalue weighted by molar-refractivity contribution is 1.10. The van der Waals surface area contributed by atoms with Gasteiger partial charge >= 0.3 is 0 Å². The minimum atomic E-state index is 0.212. The summed E-state index contributed by atoms with van der Waals surface area (Å²) in [6.07, 6.45) is 0. The number of hydrogen-bond donors (Lipinski definition) is 2. The molecule has 0 aliphatic heterocycles. The van der Waals surface area contributed by atoms with Crippen LogP contribution in [0.15, 0.2) is 24.3 Å². The maximum Gasteiger partial charge on any atom is 0.239 e. The molecule has 0 aliphatic rings. The van der Waals surface area contributed by atoms with Crippen LogP contribution in [-0.2, 0) is 0 Å². The Morgan fingerprint density at radius 3 is 2.50 bits per heavy atom. The summed E-state index contributed by atoms with van der Waals surface area (Å²) in [5.41, 5.74) is 6.83. The number of aromatic nitrogens is 3. The van der Waals surface area contributed by atoms with Crippen molar-refractivity contribution in [1.29, 1.82) is 5.26 Å². The van der Waals surface area contributed by atoms with E-state index in [1.807, 2.05) is 6.07 Å². The van der Waals surface area contributed by atoms with Gasteiger partial charge in [-0.05, 0) is 24.3 Å². The smallest absolute Gasteiger partial charge is 0.239 e. The maximum absolute atomic E-state index is 8.60. The summed E-state index contributed by atoms with van der Waals surface area (Å²) in [6.45, 7) is 0. The predicted octanol–water partition coefficient (Wildman–Crippen LogP) is 0.926. The summed E-state index contributed by atoms with van der Waals surface area (Å²) >= 11 is 0. The van der Waals surface area contributed by atoms with E-state index in [9.17, 15) is 0 Å². The number of anilines is 1. The number of aromatic amines is 1. The van der Waals surface area contributed by atoms with Crippen LogP contribution in [0.4, 0.5) is 5.95 Å². The quantitative estimate of drug-likeness (QED) is 0.691. The molecule has 5 nitrogen and oxygen atoms in total. The first-order chi connectivity index (χ1) is 6.79. The van der Waals surface area contributed by atoms with E-state index in [-0.39, 0.29) is 5.95 Å². The second-order valence-electron chi connectivity index (χ2n) is 2.73. The first-order valence-electron chi connectivity index (χ1n) is 3.98. The Hall–Kier alpha value is -2.35. The van der Waals surface area contributed by atoms with E-state index < -0.39 is 0 Å². The van der Waals surface area contributed by atoms with Crippen LogP contribution >= 0.6 is 0 Å². The number of hydrogen-bond acceptors (Lipinski definition) is 4. The van der Waals surface area contributed by atoms with Crippen LogP contribution < -0.4 is 5.73 Å². The number of nitrogens with two attached hydrogens (primary N) is 1. The lowest BCUT2D eigenvalue weighted by Gasteiger charge is -1.94. The van der Waals surface area contributed by atoms with Gasteiger partial charge in [0, 0.05) is 5.56 Å². The molecular weight excluding hydrogens is 178 g/mol. The van der Waals surface area contributed by atoms with Gasteiger partial charge in [-0.15, -0.1) is 5.10 Å². The molecule has 1 heterocycles. The molecule has 0 bridgehead atoms. The van der Waals surface area contributed by atoms with Gasteiger partial charge in [0.2, 0.25) is 5.95 Å². The Kier molecular flexibility index (Phi) is 1.88. The summed E-state index contributed by atoms with van der Waals surface area (Å²) < 4.78 is 0. The fourth-order valence-corrected chi connectivity index (χ4v) is 1.11. The molecule has 14 heavy (non-hydrogen) atoms. The van der Waals surface area contributed by atoms with Gasteiger partial charge < -0.3 is 5.73 Å². The first kappa shape index (κ1) is 8.26. The lowest BCUT2D eigenvalue weighted by atomic mass is 10.1. The van der Waals surface area contributed by atoms with Crippen LogP contribution in [-0.4, -0.2) is 15.2 Å². The highest BCUT2D eigenvalue weighted by Gasteiger charge is 2.02. The maximum atomic E-state index is 8.60. The second kappa shape index (κ2) is 3.18. The standard InChI is InChI=1S/C9H7N5/c10-5-6-1-3-7(4-2-6)8-12-9(11)14-13-8/h1-4H,(H3,11,12,13,14). The minimum Gasteiger partial charge on any atom is -0.366 e. The molecule has 0 radical (unpaired) electrons. The zero-order valence-corrected chi connectivity index (χ0v) is 7.23. The van der Waals surface area contributed by atoms with Crippen molar-refractivity contribution >= 4 is 5.95 Å². The van der Waals surface area contributed by atoms with Gasteiger partial charge in [0.1, 0.15) is 0 Å². The predicted molar refractivity (Wildman–Crippen MR) is 50.9 cm³/mol.